The average molecular weight is 376 g/mol. The second kappa shape index (κ2) is 9.20. The van der Waals surface area contributed by atoms with Crippen molar-refractivity contribution in [3.05, 3.63) is 17.8 Å². The molecule has 0 aromatic carbocycles. The Balaban J connectivity index is 2.32. The monoisotopic (exact) mass is 375 g/mol. The zero-order valence-corrected chi connectivity index (χ0v) is 17.2. The van der Waals surface area contributed by atoms with Gasteiger partial charge in [-0.15, -0.1) is 5.10 Å². The Hall–Kier alpha value is -2.11. The van der Waals surface area contributed by atoms with Gasteiger partial charge < -0.3 is 5.11 Å². The van der Waals surface area contributed by atoms with E-state index >= 15 is 0 Å². The summed E-state index contributed by atoms with van der Waals surface area (Å²) in [6.45, 7) is 10.3. The largest absolute Gasteiger partial charge is 0.477 e. The molecule has 6 nitrogen and oxygen atoms in total. The fraction of sp³-hybridized carbons (Fsp3) is 0.667. The zero-order valence-electron chi connectivity index (χ0n) is 17.2. The number of amides is 1. The van der Waals surface area contributed by atoms with E-state index in [1.54, 1.807) is 11.1 Å². The number of carboxylic acid groups (broad SMARTS) is 1. The first kappa shape index (κ1) is 21.2. The molecule has 1 amide bonds. The van der Waals surface area contributed by atoms with Gasteiger partial charge in [0.1, 0.15) is 5.56 Å². The van der Waals surface area contributed by atoms with Crippen LogP contribution in [0.3, 0.4) is 0 Å². The molecule has 1 N–H and O–H groups in total. The fourth-order valence-corrected chi connectivity index (χ4v) is 3.54. The molecule has 1 aromatic rings. The molecule has 0 atom stereocenters. The summed E-state index contributed by atoms with van der Waals surface area (Å²) in [6, 6.07) is -0.155. The average Bonchev–Trinajstić information content (AvgIpc) is 2.98. The second-order valence-corrected chi connectivity index (χ2v) is 8.42. The molecule has 0 unspecified atom stereocenters. The number of hydrogen-bond acceptors (Lipinski definition) is 3. The maximum atomic E-state index is 13.2. The summed E-state index contributed by atoms with van der Waals surface area (Å²) in [5.74, 6) is 0.293. The molecule has 6 heteroatoms. The molecular formula is C21H33N3O3. The minimum atomic E-state index is -1.07. The van der Waals surface area contributed by atoms with Gasteiger partial charge in [0.15, 0.2) is 5.82 Å². The van der Waals surface area contributed by atoms with E-state index in [1.165, 1.54) is 10.9 Å². The molecule has 27 heavy (non-hydrogen) atoms. The van der Waals surface area contributed by atoms with Crippen LogP contribution in [-0.2, 0) is 4.79 Å². The Bertz CT molecular complexity index is 683. The maximum Gasteiger partial charge on any atom is 0.341 e. The van der Waals surface area contributed by atoms with E-state index in [9.17, 15) is 14.7 Å². The van der Waals surface area contributed by atoms with Crippen LogP contribution in [0.15, 0.2) is 12.3 Å². The normalized spacial score (nSPS) is 20.6. The van der Waals surface area contributed by atoms with Crippen LogP contribution in [0.4, 0.5) is 5.82 Å². The molecule has 0 radical (unpaired) electrons. The molecule has 0 bridgehead atoms. The third-order valence-corrected chi connectivity index (χ3v) is 5.16. The molecule has 2 rings (SSSR count). The van der Waals surface area contributed by atoms with Gasteiger partial charge in [-0.25, -0.2) is 9.48 Å². The van der Waals surface area contributed by atoms with Crippen LogP contribution in [0.1, 0.15) is 77.1 Å². The summed E-state index contributed by atoms with van der Waals surface area (Å²) in [4.78, 5) is 26.6. The lowest BCUT2D eigenvalue weighted by Crippen LogP contribution is -2.43. The summed E-state index contributed by atoms with van der Waals surface area (Å²) in [6.07, 6.45) is 9.91. The van der Waals surface area contributed by atoms with E-state index in [-0.39, 0.29) is 29.2 Å². The van der Waals surface area contributed by atoms with Gasteiger partial charge in [-0.05, 0) is 57.8 Å². The van der Waals surface area contributed by atoms with Crippen LogP contribution >= 0.6 is 0 Å². The summed E-state index contributed by atoms with van der Waals surface area (Å²) >= 11 is 0. The van der Waals surface area contributed by atoms with Crippen LogP contribution in [-0.4, -0.2) is 32.8 Å². The Morgan fingerprint density at radius 2 is 1.89 bits per heavy atom. The molecule has 1 aliphatic rings. The van der Waals surface area contributed by atoms with E-state index in [2.05, 4.69) is 25.9 Å². The number of anilines is 1. The SMILES string of the molecule is CC(C)C/C=C/n1cc(C(=O)O)c(N(C(=O)C2CCC(C)CC2)C(C)C)n1. The topological polar surface area (TPSA) is 75.4 Å². The highest BCUT2D eigenvalue weighted by atomic mass is 16.4. The van der Waals surface area contributed by atoms with E-state index in [0.717, 1.165) is 32.1 Å². The van der Waals surface area contributed by atoms with Gasteiger partial charge in [0.25, 0.3) is 0 Å². The third kappa shape index (κ3) is 5.44. The molecule has 1 aromatic heterocycles. The maximum absolute atomic E-state index is 13.2. The number of hydrogen-bond donors (Lipinski definition) is 1. The van der Waals surface area contributed by atoms with Crippen molar-refractivity contribution in [1.82, 2.24) is 9.78 Å². The lowest BCUT2D eigenvalue weighted by molar-refractivity contribution is -0.123. The van der Waals surface area contributed by atoms with Gasteiger partial charge in [-0.2, -0.15) is 0 Å². The van der Waals surface area contributed by atoms with Gasteiger partial charge in [0, 0.05) is 24.4 Å². The molecule has 1 saturated carbocycles. The molecule has 1 heterocycles. The number of carbonyl (C=O) groups is 2. The van der Waals surface area contributed by atoms with Crippen LogP contribution in [0.5, 0.6) is 0 Å². The van der Waals surface area contributed by atoms with Gasteiger partial charge in [0.05, 0.1) is 0 Å². The first-order valence-corrected chi connectivity index (χ1v) is 10.0. The Morgan fingerprint density at radius 1 is 1.26 bits per heavy atom. The molecule has 0 saturated heterocycles. The molecular weight excluding hydrogens is 342 g/mol. The van der Waals surface area contributed by atoms with E-state index in [4.69, 9.17) is 0 Å². The highest BCUT2D eigenvalue weighted by Crippen LogP contribution is 2.32. The summed E-state index contributed by atoms with van der Waals surface area (Å²) in [7, 11) is 0. The van der Waals surface area contributed by atoms with Crippen LogP contribution in [0, 0.1) is 17.8 Å². The number of allylic oxidation sites excluding steroid dienone is 1. The van der Waals surface area contributed by atoms with Crippen LogP contribution in [0.25, 0.3) is 6.20 Å². The second-order valence-electron chi connectivity index (χ2n) is 8.42. The summed E-state index contributed by atoms with van der Waals surface area (Å²) in [5, 5.41) is 14.1. The van der Waals surface area contributed by atoms with Crippen molar-refractivity contribution in [1.29, 1.82) is 0 Å². The van der Waals surface area contributed by atoms with Crippen molar-refractivity contribution in [2.75, 3.05) is 4.90 Å². The Labute approximate surface area is 162 Å². The molecule has 0 aliphatic heterocycles. The standard InChI is InChI=1S/C21H33N3O3/c1-14(2)7-6-12-23-13-18(21(26)27)19(22-23)24(15(3)4)20(25)17-10-8-16(5)9-11-17/h6,12-17H,7-11H2,1-5H3,(H,26,27)/b12-6+. The Morgan fingerprint density at radius 3 is 2.41 bits per heavy atom. The molecule has 0 spiro atoms. The van der Waals surface area contributed by atoms with E-state index < -0.39 is 5.97 Å². The van der Waals surface area contributed by atoms with Gasteiger partial charge in [-0.1, -0.05) is 26.8 Å². The highest BCUT2D eigenvalue weighted by Gasteiger charge is 2.33. The fourth-order valence-electron chi connectivity index (χ4n) is 3.54. The first-order chi connectivity index (χ1) is 12.7. The lowest BCUT2D eigenvalue weighted by Gasteiger charge is -2.32. The van der Waals surface area contributed by atoms with E-state index in [0.29, 0.717) is 11.8 Å². The van der Waals surface area contributed by atoms with Crippen LogP contribution < -0.4 is 4.90 Å². The molecule has 150 valence electrons. The van der Waals surface area contributed by atoms with Gasteiger partial charge in [-0.3, -0.25) is 9.69 Å². The number of rotatable bonds is 7. The number of aromatic carboxylic acids is 1. The molecule has 1 aliphatic carbocycles. The van der Waals surface area contributed by atoms with Crippen molar-refractivity contribution in [2.45, 2.75) is 72.8 Å². The minimum absolute atomic E-state index is 0.00388. The predicted molar refractivity (Wildman–Crippen MR) is 108 cm³/mol. The summed E-state index contributed by atoms with van der Waals surface area (Å²) < 4.78 is 1.51. The van der Waals surface area contributed by atoms with Crippen molar-refractivity contribution >= 4 is 23.9 Å². The van der Waals surface area contributed by atoms with Crippen molar-refractivity contribution in [3.8, 4) is 0 Å². The lowest BCUT2D eigenvalue weighted by atomic mass is 9.82. The smallest absolute Gasteiger partial charge is 0.341 e. The summed E-state index contributed by atoms with van der Waals surface area (Å²) in [5.41, 5.74) is 0.0652. The number of nitrogens with zero attached hydrogens (tertiary/aromatic N) is 3. The highest BCUT2D eigenvalue weighted by molar-refractivity contribution is 6.01. The van der Waals surface area contributed by atoms with Crippen molar-refractivity contribution in [3.63, 3.8) is 0 Å². The minimum Gasteiger partial charge on any atom is -0.477 e. The Kier molecular flexibility index (Phi) is 7.22. The quantitative estimate of drug-likeness (QED) is 0.752. The zero-order chi connectivity index (χ0) is 20.1. The number of aromatic nitrogens is 2. The van der Waals surface area contributed by atoms with Gasteiger partial charge in [0.2, 0.25) is 5.91 Å². The number of carboxylic acids is 1. The predicted octanol–water partition coefficient (Wildman–Crippen LogP) is 4.67. The van der Waals surface area contributed by atoms with Crippen LogP contribution in [0.2, 0.25) is 0 Å². The van der Waals surface area contributed by atoms with Crippen molar-refractivity contribution < 1.29 is 14.7 Å². The number of carbonyl (C=O) groups excluding carboxylic acids is 1. The van der Waals surface area contributed by atoms with E-state index in [1.807, 2.05) is 19.9 Å². The first-order valence-electron chi connectivity index (χ1n) is 10.0. The molecule has 1 fully saturated rings. The third-order valence-electron chi connectivity index (χ3n) is 5.16. The van der Waals surface area contributed by atoms with Gasteiger partial charge >= 0.3 is 5.97 Å². The van der Waals surface area contributed by atoms with Crippen molar-refractivity contribution in [2.24, 2.45) is 17.8 Å².